The van der Waals surface area contributed by atoms with Gasteiger partial charge in [-0.3, -0.25) is 9.59 Å². The number of aliphatic hydroxyl groups is 1. The van der Waals surface area contributed by atoms with Crippen molar-refractivity contribution in [2.45, 2.75) is 26.5 Å². The number of ketones is 1. The summed E-state index contributed by atoms with van der Waals surface area (Å²) in [6.45, 7) is 5.03. The van der Waals surface area contributed by atoms with Gasteiger partial charge in [0.1, 0.15) is 23.7 Å². The first-order valence-electron chi connectivity index (χ1n) is 12.9. The first-order chi connectivity index (χ1) is 18.8. The van der Waals surface area contributed by atoms with E-state index in [0.717, 1.165) is 11.1 Å². The van der Waals surface area contributed by atoms with E-state index in [2.05, 4.69) is 4.98 Å². The van der Waals surface area contributed by atoms with Gasteiger partial charge in [-0.05, 0) is 62.8 Å². The zero-order chi connectivity index (χ0) is 27.7. The van der Waals surface area contributed by atoms with Crippen molar-refractivity contribution in [3.8, 4) is 5.75 Å². The third-order valence-corrected chi connectivity index (χ3v) is 7.06. The van der Waals surface area contributed by atoms with Crippen LogP contribution >= 0.6 is 0 Å². The molecule has 3 heterocycles. The fourth-order valence-corrected chi connectivity index (χ4v) is 4.95. The number of carbonyl (C=O) groups is 2. The molecule has 0 spiro atoms. The van der Waals surface area contributed by atoms with Crippen molar-refractivity contribution >= 4 is 23.1 Å². The molecule has 200 valence electrons. The minimum Gasteiger partial charge on any atom is -0.505 e. The van der Waals surface area contributed by atoms with Crippen LogP contribution in [0.25, 0.3) is 11.4 Å². The SMILES string of the molecule is Cc1cccn2c(C)c(/C(O)=C3\C(=O)C(=O)N(CCN(C)C)C3c3cccc(OCc4ccccc4)c3)nc12. The molecule has 4 aromatic rings. The predicted molar refractivity (Wildman–Crippen MR) is 149 cm³/mol. The molecule has 0 radical (unpaired) electrons. The van der Waals surface area contributed by atoms with E-state index in [0.29, 0.717) is 42.4 Å². The van der Waals surface area contributed by atoms with Gasteiger partial charge in [-0.1, -0.05) is 48.5 Å². The Morgan fingerprint density at radius 3 is 2.51 bits per heavy atom. The van der Waals surface area contributed by atoms with Crippen LogP contribution in [0, 0.1) is 13.8 Å². The van der Waals surface area contributed by atoms with Gasteiger partial charge in [0.2, 0.25) is 0 Å². The summed E-state index contributed by atoms with van der Waals surface area (Å²) >= 11 is 0. The number of hydrogen-bond donors (Lipinski definition) is 1. The molecule has 0 saturated carbocycles. The van der Waals surface area contributed by atoms with Crippen molar-refractivity contribution in [1.29, 1.82) is 0 Å². The number of Topliss-reactive ketones (excluding diaryl/α,β-unsaturated/α-hetero) is 1. The third kappa shape index (κ3) is 5.03. The van der Waals surface area contributed by atoms with Crippen LogP contribution in [0.15, 0.2) is 78.5 Å². The number of ether oxygens (including phenoxy) is 1. The van der Waals surface area contributed by atoms with Crippen molar-refractivity contribution < 1.29 is 19.4 Å². The van der Waals surface area contributed by atoms with Crippen molar-refractivity contribution in [2.24, 2.45) is 0 Å². The summed E-state index contributed by atoms with van der Waals surface area (Å²) in [7, 11) is 3.82. The minimum absolute atomic E-state index is 0.0307. The lowest BCUT2D eigenvalue weighted by molar-refractivity contribution is -0.140. The quantitative estimate of drug-likeness (QED) is 0.207. The number of fused-ring (bicyclic) bond motifs is 1. The number of hydrogen-bond acceptors (Lipinski definition) is 6. The van der Waals surface area contributed by atoms with Gasteiger partial charge < -0.3 is 24.0 Å². The van der Waals surface area contributed by atoms with E-state index in [9.17, 15) is 14.7 Å². The summed E-state index contributed by atoms with van der Waals surface area (Å²) in [5.74, 6) is -1.03. The van der Waals surface area contributed by atoms with Crippen molar-refractivity contribution in [2.75, 3.05) is 27.2 Å². The number of nitrogens with zero attached hydrogens (tertiary/aromatic N) is 4. The summed E-state index contributed by atoms with van der Waals surface area (Å²) < 4.78 is 7.92. The highest BCUT2D eigenvalue weighted by molar-refractivity contribution is 6.46. The van der Waals surface area contributed by atoms with Crippen LogP contribution < -0.4 is 4.74 Å². The van der Waals surface area contributed by atoms with Crippen LogP contribution in [-0.4, -0.2) is 63.2 Å². The number of likely N-dealkylation sites (tertiary alicyclic amines) is 1. The van der Waals surface area contributed by atoms with Gasteiger partial charge in [0.15, 0.2) is 5.76 Å². The number of imidazole rings is 1. The third-order valence-electron chi connectivity index (χ3n) is 7.06. The Balaban J connectivity index is 1.59. The van der Waals surface area contributed by atoms with Gasteiger partial charge in [-0.15, -0.1) is 0 Å². The Hall–Kier alpha value is -4.43. The Morgan fingerprint density at radius 2 is 1.79 bits per heavy atom. The number of carbonyl (C=O) groups excluding carboxylic acids is 2. The summed E-state index contributed by atoms with van der Waals surface area (Å²) in [5.41, 5.74) is 4.33. The molecule has 1 fully saturated rings. The first kappa shape index (κ1) is 26.2. The van der Waals surface area contributed by atoms with Crippen LogP contribution in [0.2, 0.25) is 0 Å². The number of rotatable bonds is 8. The smallest absolute Gasteiger partial charge is 0.295 e. The fourth-order valence-electron chi connectivity index (χ4n) is 4.95. The van der Waals surface area contributed by atoms with Crippen LogP contribution in [0.1, 0.15) is 34.1 Å². The van der Waals surface area contributed by atoms with Gasteiger partial charge in [-0.25, -0.2) is 4.98 Å². The molecule has 1 saturated heterocycles. The molecule has 1 unspecified atom stereocenters. The summed E-state index contributed by atoms with van der Waals surface area (Å²) in [5, 5.41) is 11.6. The largest absolute Gasteiger partial charge is 0.505 e. The number of likely N-dealkylation sites (N-methyl/N-ethyl adjacent to an activating group) is 1. The molecular formula is C31H32N4O4. The molecule has 0 aliphatic carbocycles. The van der Waals surface area contributed by atoms with Crippen LogP contribution in [0.3, 0.4) is 0 Å². The van der Waals surface area contributed by atoms with Crippen molar-refractivity contribution in [3.63, 3.8) is 0 Å². The van der Waals surface area contributed by atoms with Gasteiger partial charge in [0.25, 0.3) is 11.7 Å². The standard InChI is InChI=1S/C31H32N4O4/c1-20-10-9-15-34-21(2)26(32-30(20)34)28(36)25-27(35(17-16-33(3)4)31(38)29(25)37)23-13-8-14-24(18-23)39-19-22-11-6-5-7-12-22/h5-15,18,27,36H,16-17,19H2,1-4H3/b28-25+. The lowest BCUT2D eigenvalue weighted by atomic mass is 9.96. The van der Waals surface area contributed by atoms with Crippen molar-refractivity contribution in [3.05, 3.63) is 107 Å². The average molecular weight is 525 g/mol. The van der Waals surface area contributed by atoms with Gasteiger partial charge in [0, 0.05) is 19.3 Å². The molecule has 1 amide bonds. The van der Waals surface area contributed by atoms with E-state index in [4.69, 9.17) is 4.74 Å². The lowest BCUT2D eigenvalue weighted by Crippen LogP contribution is -2.35. The maximum Gasteiger partial charge on any atom is 0.295 e. The second-order valence-corrected chi connectivity index (χ2v) is 10.1. The van der Waals surface area contributed by atoms with Crippen LogP contribution in [0.5, 0.6) is 5.75 Å². The summed E-state index contributed by atoms with van der Waals surface area (Å²) in [6.07, 6.45) is 1.86. The number of amides is 1. The zero-order valence-electron chi connectivity index (χ0n) is 22.6. The Bertz CT molecular complexity index is 1570. The molecule has 8 heteroatoms. The molecule has 8 nitrogen and oxygen atoms in total. The Kier molecular flexibility index (Phi) is 7.21. The second-order valence-electron chi connectivity index (χ2n) is 10.1. The normalized spacial score (nSPS) is 16.9. The molecule has 1 N–H and O–H groups in total. The number of aromatic nitrogens is 2. The van der Waals surface area contributed by atoms with E-state index in [1.807, 2.05) is 110 Å². The Labute approximate surface area is 227 Å². The molecule has 1 atom stereocenters. The lowest BCUT2D eigenvalue weighted by Gasteiger charge is -2.26. The highest BCUT2D eigenvalue weighted by Gasteiger charge is 2.46. The summed E-state index contributed by atoms with van der Waals surface area (Å²) in [6, 6.07) is 20.2. The predicted octanol–water partition coefficient (Wildman–Crippen LogP) is 4.51. The number of pyridine rings is 1. The summed E-state index contributed by atoms with van der Waals surface area (Å²) in [4.78, 5) is 34.9. The highest BCUT2D eigenvalue weighted by atomic mass is 16.5. The van der Waals surface area contributed by atoms with Gasteiger partial charge >= 0.3 is 0 Å². The monoisotopic (exact) mass is 524 g/mol. The molecule has 39 heavy (non-hydrogen) atoms. The van der Waals surface area contributed by atoms with Crippen molar-refractivity contribution in [1.82, 2.24) is 19.2 Å². The van der Waals surface area contributed by atoms with E-state index >= 15 is 0 Å². The minimum atomic E-state index is -0.782. The van der Waals surface area contributed by atoms with E-state index in [1.165, 1.54) is 4.90 Å². The maximum atomic E-state index is 13.5. The number of benzene rings is 2. The second kappa shape index (κ2) is 10.7. The van der Waals surface area contributed by atoms with Crippen LogP contribution in [-0.2, 0) is 16.2 Å². The van der Waals surface area contributed by atoms with Crippen LogP contribution in [0.4, 0.5) is 0 Å². The molecule has 5 rings (SSSR count). The fraction of sp³-hybridized carbons (Fsp3) is 0.258. The van der Waals surface area contributed by atoms with E-state index in [1.54, 1.807) is 0 Å². The number of aryl methyl sites for hydroxylation is 2. The zero-order valence-corrected chi connectivity index (χ0v) is 22.6. The number of aliphatic hydroxyl groups excluding tert-OH is 1. The molecule has 1 aliphatic rings. The average Bonchev–Trinajstić information content (AvgIpc) is 3.41. The topological polar surface area (TPSA) is 87.4 Å². The molecule has 2 aromatic carbocycles. The van der Waals surface area contributed by atoms with E-state index in [-0.39, 0.29) is 17.0 Å². The molecule has 0 bridgehead atoms. The van der Waals surface area contributed by atoms with E-state index < -0.39 is 17.7 Å². The molecule has 2 aromatic heterocycles. The first-order valence-corrected chi connectivity index (χ1v) is 12.9. The van der Waals surface area contributed by atoms with Gasteiger partial charge in [-0.2, -0.15) is 0 Å². The highest BCUT2D eigenvalue weighted by Crippen LogP contribution is 2.40. The maximum absolute atomic E-state index is 13.5. The molecule has 1 aliphatic heterocycles. The molecular weight excluding hydrogens is 492 g/mol. The van der Waals surface area contributed by atoms with Gasteiger partial charge in [0.05, 0.1) is 17.3 Å². The Morgan fingerprint density at radius 1 is 1.03 bits per heavy atom.